The van der Waals surface area contributed by atoms with Crippen LogP contribution in [0.5, 0.6) is 0 Å². The van der Waals surface area contributed by atoms with Crippen LogP contribution in [0.2, 0.25) is 0 Å². The zero-order valence-electron chi connectivity index (χ0n) is 15.1. The normalized spacial score (nSPS) is 13.4. The van der Waals surface area contributed by atoms with Gasteiger partial charge in [0.05, 0.1) is 0 Å². The van der Waals surface area contributed by atoms with Crippen LogP contribution in [0.3, 0.4) is 0 Å². The van der Waals surface area contributed by atoms with Crippen molar-refractivity contribution in [2.75, 3.05) is 7.05 Å². The van der Waals surface area contributed by atoms with Gasteiger partial charge in [-0.25, -0.2) is 0 Å². The summed E-state index contributed by atoms with van der Waals surface area (Å²) in [5.41, 5.74) is 2.26. The van der Waals surface area contributed by atoms with Gasteiger partial charge in [0.1, 0.15) is 12.3 Å². The van der Waals surface area contributed by atoms with Gasteiger partial charge in [-0.15, -0.1) is 6.58 Å². The molecule has 26 heavy (non-hydrogen) atoms. The molecule has 1 N–H and O–H groups in total. The number of likely N-dealkylation sites (N-methyl/N-ethyl adjacent to an activating group) is 1. The monoisotopic (exact) mass is 352 g/mol. The summed E-state index contributed by atoms with van der Waals surface area (Å²) in [5, 5.41) is 2.58. The van der Waals surface area contributed by atoms with Crippen LogP contribution < -0.4 is 5.32 Å². The Kier molecular flexibility index (Phi) is 7.16. The second kappa shape index (κ2) is 9.57. The van der Waals surface area contributed by atoms with E-state index in [4.69, 9.17) is 0 Å². The predicted molar refractivity (Wildman–Crippen MR) is 100 cm³/mol. The molecule has 5 nitrogen and oxygen atoms in total. The van der Waals surface area contributed by atoms with Crippen LogP contribution in [0.25, 0.3) is 0 Å². The average molecular weight is 352 g/mol. The molecule has 136 valence electrons. The number of fused-ring (bicyclic) bond motifs is 1. The highest BCUT2D eigenvalue weighted by atomic mass is 16.2. The summed E-state index contributed by atoms with van der Waals surface area (Å²) >= 11 is 0. The van der Waals surface area contributed by atoms with E-state index in [1.54, 1.807) is 6.07 Å². The summed E-state index contributed by atoms with van der Waals surface area (Å²) in [4.78, 5) is 37.2. The maximum Gasteiger partial charge on any atom is 0.255 e. The van der Waals surface area contributed by atoms with Gasteiger partial charge in [-0.05, 0) is 37.0 Å². The van der Waals surface area contributed by atoms with Gasteiger partial charge in [0, 0.05) is 37.6 Å². The molecule has 1 aromatic rings. The number of carbonyl (C=O) groups is 3. The maximum absolute atomic E-state index is 12.8. The number of hydrogen-bond acceptors (Lipinski definition) is 3. The number of hydrogen-bond donors (Lipinski definition) is 1. The lowest BCUT2D eigenvalue weighted by atomic mass is 10.1. The van der Waals surface area contributed by atoms with Crippen molar-refractivity contribution in [2.24, 2.45) is 0 Å². The van der Waals surface area contributed by atoms with Gasteiger partial charge in [-0.2, -0.15) is 0 Å². The SMILES string of the molecule is C=CCCCC#Cc1ccc2c(c1)C(=O)N(C(CCC=O)C(=O)NC)C2. The molecule has 1 heterocycles. The third-order valence-electron chi connectivity index (χ3n) is 4.37. The molecule has 2 amide bonds. The van der Waals surface area contributed by atoms with Crippen LogP contribution in [-0.4, -0.2) is 36.1 Å². The average Bonchev–Trinajstić information content (AvgIpc) is 2.98. The van der Waals surface area contributed by atoms with Crippen molar-refractivity contribution in [1.82, 2.24) is 10.2 Å². The van der Waals surface area contributed by atoms with Crippen LogP contribution in [0, 0.1) is 11.8 Å². The van der Waals surface area contributed by atoms with E-state index < -0.39 is 6.04 Å². The predicted octanol–water partition coefficient (Wildman–Crippen LogP) is 2.44. The fourth-order valence-electron chi connectivity index (χ4n) is 2.97. The number of carbonyl (C=O) groups excluding carboxylic acids is 3. The van der Waals surface area contributed by atoms with Crippen LogP contribution in [0.4, 0.5) is 0 Å². The maximum atomic E-state index is 12.8. The molecule has 0 bridgehead atoms. The lowest BCUT2D eigenvalue weighted by molar-refractivity contribution is -0.125. The fourth-order valence-corrected chi connectivity index (χ4v) is 2.97. The molecule has 1 atom stereocenters. The summed E-state index contributed by atoms with van der Waals surface area (Å²) in [7, 11) is 1.53. The van der Waals surface area contributed by atoms with Crippen molar-refractivity contribution < 1.29 is 14.4 Å². The molecule has 0 saturated carbocycles. The van der Waals surface area contributed by atoms with Crippen molar-refractivity contribution in [1.29, 1.82) is 0 Å². The van der Waals surface area contributed by atoms with Crippen molar-refractivity contribution >= 4 is 18.1 Å². The number of allylic oxidation sites excluding steroid dienone is 1. The molecule has 1 aliphatic rings. The number of unbranched alkanes of at least 4 members (excludes halogenated alkanes) is 2. The first-order chi connectivity index (χ1) is 12.6. The van der Waals surface area contributed by atoms with Gasteiger partial charge < -0.3 is 15.0 Å². The van der Waals surface area contributed by atoms with E-state index >= 15 is 0 Å². The summed E-state index contributed by atoms with van der Waals surface area (Å²) in [6.45, 7) is 4.06. The minimum Gasteiger partial charge on any atom is -0.357 e. The first-order valence-corrected chi connectivity index (χ1v) is 8.81. The third kappa shape index (κ3) is 4.60. The van der Waals surface area contributed by atoms with Gasteiger partial charge in [-0.3, -0.25) is 9.59 Å². The quantitative estimate of drug-likeness (QED) is 0.338. The van der Waals surface area contributed by atoms with Gasteiger partial charge >= 0.3 is 0 Å². The standard InChI is InChI=1S/C21H24N2O3/c1-3-4-5-6-7-9-16-11-12-17-15-23(21(26)18(17)14-16)19(10-8-13-24)20(25)22-2/h3,11-14,19H,1,4-6,8,10,15H2,2H3,(H,22,25). The highest BCUT2D eigenvalue weighted by Gasteiger charge is 2.35. The van der Waals surface area contributed by atoms with E-state index in [0.717, 1.165) is 36.7 Å². The molecule has 2 rings (SSSR count). The first-order valence-electron chi connectivity index (χ1n) is 8.81. The Morgan fingerprint density at radius 3 is 2.92 bits per heavy atom. The lowest BCUT2D eigenvalue weighted by Crippen LogP contribution is -2.46. The van der Waals surface area contributed by atoms with Crippen LogP contribution in [0.1, 0.15) is 53.6 Å². The summed E-state index contributed by atoms with van der Waals surface area (Å²) in [5.74, 6) is 5.75. The van der Waals surface area contributed by atoms with Gasteiger partial charge in [0.25, 0.3) is 5.91 Å². The van der Waals surface area contributed by atoms with Crippen molar-refractivity contribution in [3.8, 4) is 11.8 Å². The lowest BCUT2D eigenvalue weighted by Gasteiger charge is -2.25. The molecule has 1 aliphatic heterocycles. The molecule has 0 aromatic heterocycles. The number of benzene rings is 1. The number of aldehydes is 1. The summed E-state index contributed by atoms with van der Waals surface area (Å²) < 4.78 is 0. The topological polar surface area (TPSA) is 66.5 Å². The number of nitrogens with one attached hydrogen (secondary N) is 1. The Labute approximate surface area is 154 Å². The fraction of sp³-hybridized carbons (Fsp3) is 0.381. The van der Waals surface area contributed by atoms with E-state index in [-0.39, 0.29) is 18.2 Å². The van der Waals surface area contributed by atoms with Crippen molar-refractivity contribution in [3.63, 3.8) is 0 Å². The second-order valence-corrected chi connectivity index (χ2v) is 6.16. The van der Waals surface area contributed by atoms with E-state index in [1.807, 2.05) is 18.2 Å². The largest absolute Gasteiger partial charge is 0.357 e. The highest BCUT2D eigenvalue weighted by Crippen LogP contribution is 2.27. The number of amides is 2. The number of nitrogens with zero attached hydrogens (tertiary/aromatic N) is 1. The summed E-state index contributed by atoms with van der Waals surface area (Å²) in [6, 6.07) is 4.94. The molecule has 5 heteroatoms. The first kappa shape index (κ1) is 19.5. The molecule has 1 unspecified atom stereocenters. The molecule has 1 aromatic carbocycles. The minimum atomic E-state index is -0.640. The van der Waals surface area contributed by atoms with Gasteiger partial charge in [0.2, 0.25) is 5.91 Å². The van der Waals surface area contributed by atoms with Crippen LogP contribution in [0.15, 0.2) is 30.9 Å². The second-order valence-electron chi connectivity index (χ2n) is 6.16. The van der Waals surface area contributed by atoms with E-state index in [1.165, 1.54) is 11.9 Å². The zero-order chi connectivity index (χ0) is 18.9. The molecular weight excluding hydrogens is 328 g/mol. The van der Waals surface area contributed by atoms with Gasteiger partial charge in [-0.1, -0.05) is 24.0 Å². The third-order valence-corrected chi connectivity index (χ3v) is 4.37. The zero-order valence-corrected chi connectivity index (χ0v) is 15.1. The van der Waals surface area contributed by atoms with Crippen LogP contribution >= 0.6 is 0 Å². The molecule has 0 aliphatic carbocycles. The van der Waals surface area contributed by atoms with E-state index in [0.29, 0.717) is 18.5 Å². The highest BCUT2D eigenvalue weighted by molar-refractivity contribution is 6.01. The van der Waals surface area contributed by atoms with Crippen molar-refractivity contribution in [3.05, 3.63) is 47.5 Å². The Morgan fingerprint density at radius 1 is 1.42 bits per heavy atom. The smallest absolute Gasteiger partial charge is 0.255 e. The molecular formula is C21H24N2O3. The Morgan fingerprint density at radius 2 is 2.23 bits per heavy atom. The Bertz CT molecular complexity index is 758. The Hall–Kier alpha value is -2.87. The van der Waals surface area contributed by atoms with E-state index in [2.05, 4.69) is 23.7 Å². The molecule has 0 saturated heterocycles. The molecule has 0 fully saturated rings. The molecule has 0 radical (unpaired) electrons. The van der Waals surface area contributed by atoms with Crippen molar-refractivity contribution in [2.45, 2.75) is 44.7 Å². The molecule has 0 spiro atoms. The summed E-state index contributed by atoms with van der Waals surface area (Å²) in [6.07, 6.45) is 5.89. The number of rotatable bonds is 8. The van der Waals surface area contributed by atoms with Crippen LogP contribution in [-0.2, 0) is 16.1 Å². The minimum absolute atomic E-state index is 0.185. The Balaban J connectivity index is 2.15. The van der Waals surface area contributed by atoms with Gasteiger partial charge in [0.15, 0.2) is 0 Å². The van der Waals surface area contributed by atoms with E-state index in [9.17, 15) is 14.4 Å².